The van der Waals surface area contributed by atoms with Crippen LogP contribution in [-0.2, 0) is 6.61 Å². The molecule has 2 aromatic carbocycles. The standard InChI is InChI=1S/C16H13FN4O2/c17-12-7-3-1-5-10(12)9-23-13-8-4-2-6-11(13)14-15(16(18)22)20-21-19-14/h1-8H,9H2,(H2,18,22)(H,19,20,21). The molecule has 0 radical (unpaired) electrons. The van der Waals surface area contributed by atoms with E-state index in [-0.39, 0.29) is 18.1 Å². The van der Waals surface area contributed by atoms with Crippen LogP contribution >= 0.6 is 0 Å². The molecule has 0 aliphatic rings. The van der Waals surface area contributed by atoms with Gasteiger partial charge in [-0.3, -0.25) is 4.79 Å². The van der Waals surface area contributed by atoms with Crippen molar-refractivity contribution in [3.05, 3.63) is 65.6 Å². The smallest absolute Gasteiger partial charge is 0.271 e. The third-order valence-electron chi connectivity index (χ3n) is 3.26. The molecule has 6 nitrogen and oxygen atoms in total. The zero-order valence-corrected chi connectivity index (χ0v) is 12.0. The van der Waals surface area contributed by atoms with Gasteiger partial charge in [0.15, 0.2) is 5.69 Å². The monoisotopic (exact) mass is 312 g/mol. The molecule has 0 fully saturated rings. The largest absolute Gasteiger partial charge is 0.488 e. The SMILES string of the molecule is NC(=O)c1n[nH]nc1-c1ccccc1OCc1ccccc1F. The molecular formula is C16H13FN4O2. The number of carbonyl (C=O) groups is 1. The van der Waals surface area contributed by atoms with Crippen molar-refractivity contribution >= 4 is 5.91 Å². The molecule has 1 heterocycles. The number of amides is 1. The maximum Gasteiger partial charge on any atom is 0.271 e. The van der Waals surface area contributed by atoms with Crippen LogP contribution in [0.5, 0.6) is 5.75 Å². The molecule has 3 rings (SSSR count). The lowest BCUT2D eigenvalue weighted by Gasteiger charge is -2.11. The maximum absolute atomic E-state index is 13.7. The molecule has 1 aromatic heterocycles. The number of ether oxygens (including phenoxy) is 1. The van der Waals surface area contributed by atoms with Crippen LogP contribution in [-0.4, -0.2) is 21.3 Å². The van der Waals surface area contributed by atoms with Crippen LogP contribution in [0.4, 0.5) is 4.39 Å². The van der Waals surface area contributed by atoms with Crippen LogP contribution < -0.4 is 10.5 Å². The Morgan fingerprint density at radius 2 is 1.87 bits per heavy atom. The number of benzene rings is 2. The number of halogens is 1. The van der Waals surface area contributed by atoms with Gasteiger partial charge < -0.3 is 10.5 Å². The number of hydrogen-bond acceptors (Lipinski definition) is 4. The predicted molar refractivity (Wildman–Crippen MR) is 81.1 cm³/mol. The molecule has 0 saturated carbocycles. The maximum atomic E-state index is 13.7. The van der Waals surface area contributed by atoms with Crippen LogP contribution in [0.1, 0.15) is 16.1 Å². The summed E-state index contributed by atoms with van der Waals surface area (Å²) < 4.78 is 19.4. The number of aromatic amines is 1. The summed E-state index contributed by atoms with van der Waals surface area (Å²) in [6, 6.07) is 13.3. The number of hydrogen-bond donors (Lipinski definition) is 2. The molecule has 3 aromatic rings. The molecule has 1 amide bonds. The number of para-hydroxylation sites is 1. The zero-order valence-electron chi connectivity index (χ0n) is 12.0. The Kier molecular flexibility index (Phi) is 4.01. The molecule has 3 N–H and O–H groups in total. The van der Waals surface area contributed by atoms with Crippen LogP contribution in [0.25, 0.3) is 11.3 Å². The molecule has 7 heteroatoms. The minimum atomic E-state index is -0.697. The highest BCUT2D eigenvalue weighted by molar-refractivity contribution is 5.97. The molecule has 0 spiro atoms. The highest BCUT2D eigenvalue weighted by Crippen LogP contribution is 2.30. The molecule has 23 heavy (non-hydrogen) atoms. The summed E-state index contributed by atoms with van der Waals surface area (Å²) in [7, 11) is 0. The fraction of sp³-hybridized carbons (Fsp3) is 0.0625. The summed E-state index contributed by atoms with van der Waals surface area (Å²) in [5, 5.41) is 10.1. The molecule has 0 saturated heterocycles. The number of nitrogens with zero attached hydrogens (tertiary/aromatic N) is 2. The van der Waals surface area contributed by atoms with E-state index < -0.39 is 5.91 Å². The third kappa shape index (κ3) is 3.03. The summed E-state index contributed by atoms with van der Waals surface area (Å²) in [6.07, 6.45) is 0. The molecule has 0 unspecified atom stereocenters. The Morgan fingerprint density at radius 3 is 2.65 bits per heavy atom. The average Bonchev–Trinajstić information content (AvgIpc) is 3.04. The fourth-order valence-electron chi connectivity index (χ4n) is 2.15. The number of nitrogens with two attached hydrogens (primary N) is 1. The van der Waals surface area contributed by atoms with Gasteiger partial charge in [0.05, 0.1) is 0 Å². The van der Waals surface area contributed by atoms with E-state index in [9.17, 15) is 9.18 Å². The first kappa shape index (κ1) is 14.7. The minimum absolute atomic E-state index is 0.0203. The van der Waals surface area contributed by atoms with E-state index in [1.165, 1.54) is 6.07 Å². The fourth-order valence-corrected chi connectivity index (χ4v) is 2.15. The van der Waals surface area contributed by atoms with Gasteiger partial charge in [0.2, 0.25) is 0 Å². The normalized spacial score (nSPS) is 10.5. The first-order chi connectivity index (χ1) is 11.2. The number of rotatable bonds is 5. The van der Waals surface area contributed by atoms with Crippen molar-refractivity contribution in [2.24, 2.45) is 5.73 Å². The Labute approximate surface area is 131 Å². The van der Waals surface area contributed by atoms with Crippen molar-refractivity contribution in [3.8, 4) is 17.0 Å². The molecule has 0 atom stereocenters. The molecular weight excluding hydrogens is 299 g/mol. The van der Waals surface area contributed by atoms with Crippen molar-refractivity contribution < 1.29 is 13.9 Å². The first-order valence-corrected chi connectivity index (χ1v) is 6.83. The lowest BCUT2D eigenvalue weighted by atomic mass is 10.1. The van der Waals surface area contributed by atoms with E-state index >= 15 is 0 Å². The lowest BCUT2D eigenvalue weighted by Crippen LogP contribution is -2.13. The number of carbonyl (C=O) groups excluding carboxylic acids is 1. The lowest BCUT2D eigenvalue weighted by molar-refractivity contribution is 0.0996. The molecule has 116 valence electrons. The van der Waals surface area contributed by atoms with Gasteiger partial charge in [-0.25, -0.2) is 4.39 Å². The second kappa shape index (κ2) is 6.27. The van der Waals surface area contributed by atoms with Crippen molar-refractivity contribution in [2.75, 3.05) is 0 Å². The Hall–Kier alpha value is -3.22. The summed E-state index contributed by atoms with van der Waals surface area (Å²) in [5.74, 6) is -0.589. The van der Waals surface area contributed by atoms with Crippen molar-refractivity contribution in [2.45, 2.75) is 6.61 Å². The number of H-pyrrole nitrogens is 1. The Morgan fingerprint density at radius 1 is 1.13 bits per heavy atom. The van der Waals surface area contributed by atoms with Gasteiger partial charge in [0, 0.05) is 11.1 Å². The van der Waals surface area contributed by atoms with Gasteiger partial charge in [0.25, 0.3) is 5.91 Å². The van der Waals surface area contributed by atoms with Crippen LogP contribution in [0, 0.1) is 5.82 Å². The second-order valence-corrected chi connectivity index (χ2v) is 4.76. The molecule has 0 aliphatic carbocycles. The van der Waals surface area contributed by atoms with Crippen LogP contribution in [0.15, 0.2) is 48.5 Å². The minimum Gasteiger partial charge on any atom is -0.488 e. The average molecular weight is 312 g/mol. The Bertz CT molecular complexity index is 847. The Balaban J connectivity index is 1.91. The van der Waals surface area contributed by atoms with E-state index in [1.54, 1.807) is 42.5 Å². The van der Waals surface area contributed by atoms with Gasteiger partial charge in [-0.15, -0.1) is 0 Å². The quantitative estimate of drug-likeness (QED) is 0.756. The molecule has 0 bridgehead atoms. The van der Waals surface area contributed by atoms with Gasteiger partial charge in [-0.05, 0) is 18.2 Å². The van der Waals surface area contributed by atoms with Crippen molar-refractivity contribution in [1.82, 2.24) is 15.4 Å². The predicted octanol–water partition coefficient (Wildman–Crippen LogP) is 2.29. The van der Waals surface area contributed by atoms with E-state index in [0.29, 0.717) is 22.6 Å². The van der Waals surface area contributed by atoms with E-state index in [0.717, 1.165) is 0 Å². The van der Waals surface area contributed by atoms with Gasteiger partial charge in [-0.2, -0.15) is 15.4 Å². The zero-order chi connectivity index (χ0) is 16.2. The highest BCUT2D eigenvalue weighted by atomic mass is 19.1. The number of nitrogens with one attached hydrogen (secondary N) is 1. The summed E-state index contributed by atoms with van der Waals surface area (Å²) in [5.41, 5.74) is 6.57. The van der Waals surface area contributed by atoms with Gasteiger partial charge >= 0.3 is 0 Å². The number of primary amides is 1. The van der Waals surface area contributed by atoms with Crippen molar-refractivity contribution in [1.29, 1.82) is 0 Å². The van der Waals surface area contributed by atoms with E-state index in [4.69, 9.17) is 10.5 Å². The van der Waals surface area contributed by atoms with Gasteiger partial charge in [-0.1, -0.05) is 30.3 Å². The van der Waals surface area contributed by atoms with Crippen LogP contribution in [0.3, 0.4) is 0 Å². The first-order valence-electron chi connectivity index (χ1n) is 6.83. The van der Waals surface area contributed by atoms with E-state index in [2.05, 4.69) is 15.4 Å². The highest BCUT2D eigenvalue weighted by Gasteiger charge is 2.18. The van der Waals surface area contributed by atoms with Crippen LogP contribution in [0.2, 0.25) is 0 Å². The summed E-state index contributed by atoms with van der Waals surface area (Å²) in [4.78, 5) is 11.4. The molecule has 0 aliphatic heterocycles. The van der Waals surface area contributed by atoms with E-state index in [1.807, 2.05) is 0 Å². The third-order valence-corrected chi connectivity index (χ3v) is 3.26. The van der Waals surface area contributed by atoms with Crippen molar-refractivity contribution in [3.63, 3.8) is 0 Å². The topological polar surface area (TPSA) is 93.9 Å². The summed E-state index contributed by atoms with van der Waals surface area (Å²) in [6.45, 7) is 0.0491. The van der Waals surface area contributed by atoms with Gasteiger partial charge in [0.1, 0.15) is 23.9 Å². The number of aromatic nitrogens is 3. The second-order valence-electron chi connectivity index (χ2n) is 4.76. The summed E-state index contributed by atoms with van der Waals surface area (Å²) >= 11 is 0.